The number of carboxylic acids is 1. The summed E-state index contributed by atoms with van der Waals surface area (Å²) in [6.07, 6.45) is 2.61. The second kappa shape index (κ2) is 8.52. The van der Waals surface area contributed by atoms with Crippen molar-refractivity contribution in [3.8, 4) is 0 Å². The van der Waals surface area contributed by atoms with Gasteiger partial charge in [0.25, 0.3) is 0 Å². The Kier molecular flexibility index (Phi) is 7.71. The van der Waals surface area contributed by atoms with Crippen LogP contribution in [0.2, 0.25) is 0 Å². The highest BCUT2D eigenvalue weighted by molar-refractivity contribution is 5.87. The van der Waals surface area contributed by atoms with Gasteiger partial charge >= 0.3 is 11.9 Å². The van der Waals surface area contributed by atoms with Gasteiger partial charge in [-0.1, -0.05) is 26.5 Å². The molecular formula is C12H18O5. The van der Waals surface area contributed by atoms with Gasteiger partial charge in [-0.3, -0.25) is 0 Å². The normalized spacial score (nSPS) is 16.2. The maximum Gasteiger partial charge on any atom is 0.333 e. The molecule has 1 fully saturated rings. The maximum absolute atomic E-state index is 11.1. The van der Waals surface area contributed by atoms with Gasteiger partial charge in [0.05, 0.1) is 6.61 Å². The molecular weight excluding hydrogens is 224 g/mol. The van der Waals surface area contributed by atoms with Gasteiger partial charge in [-0.25, -0.2) is 9.59 Å². The number of esters is 1. The molecule has 1 aliphatic heterocycles. The molecule has 0 radical (unpaired) electrons. The molecule has 0 saturated carbocycles. The van der Waals surface area contributed by atoms with Gasteiger partial charge in [0, 0.05) is 11.6 Å². The fourth-order valence-electron chi connectivity index (χ4n) is 0.839. The Morgan fingerprint density at radius 3 is 2.47 bits per heavy atom. The van der Waals surface area contributed by atoms with Crippen LogP contribution in [0, 0.1) is 0 Å². The molecule has 5 nitrogen and oxygen atoms in total. The summed E-state index contributed by atoms with van der Waals surface area (Å²) in [5.74, 6) is -1.27. The molecule has 0 bridgehead atoms. The molecule has 1 rings (SSSR count). The van der Waals surface area contributed by atoms with Crippen LogP contribution in [-0.2, 0) is 19.1 Å². The number of ether oxygens (including phenoxy) is 2. The summed E-state index contributed by atoms with van der Waals surface area (Å²) >= 11 is 0. The van der Waals surface area contributed by atoms with Gasteiger partial charge in [-0.05, 0) is 6.42 Å². The lowest BCUT2D eigenvalue weighted by Crippen LogP contribution is -2.11. The molecule has 1 N–H and O–H groups in total. The number of carbonyl (C=O) groups is 2. The predicted octanol–water partition coefficient (Wildman–Crippen LogP) is 1.54. The van der Waals surface area contributed by atoms with Crippen LogP contribution in [0.15, 0.2) is 24.8 Å². The maximum atomic E-state index is 11.1. The fraction of sp³-hybridized carbons (Fsp3) is 0.500. The van der Waals surface area contributed by atoms with Crippen LogP contribution in [0.4, 0.5) is 0 Å². The van der Waals surface area contributed by atoms with Gasteiger partial charge in [-0.2, -0.15) is 0 Å². The third-order valence-electron chi connectivity index (χ3n) is 1.82. The second-order valence-electron chi connectivity index (χ2n) is 3.45. The molecule has 17 heavy (non-hydrogen) atoms. The minimum absolute atomic E-state index is 0.142. The number of hydrogen-bond acceptors (Lipinski definition) is 4. The summed E-state index contributed by atoms with van der Waals surface area (Å²) in [6.45, 7) is 9.68. The van der Waals surface area contributed by atoms with E-state index in [1.807, 2.05) is 6.92 Å². The average Bonchev–Trinajstić information content (AvgIpc) is 3.10. The number of hydrogen-bond donors (Lipinski definition) is 1. The summed E-state index contributed by atoms with van der Waals surface area (Å²) in [7, 11) is 0. The summed E-state index contributed by atoms with van der Waals surface area (Å²) in [6, 6.07) is 0. The standard InChI is InChI=1S/C9H14O3.C3H4O2/c1-3-4-7(2)9(10)12-6-8-5-11-8;1-2-3(4)5/h8H,2-6H2,1H3;2H,1H2,(H,4,5). The summed E-state index contributed by atoms with van der Waals surface area (Å²) in [5, 5.41) is 7.60. The summed E-state index contributed by atoms with van der Waals surface area (Å²) in [5.41, 5.74) is 0.554. The van der Waals surface area contributed by atoms with Crippen LogP contribution in [0.3, 0.4) is 0 Å². The topological polar surface area (TPSA) is 76.1 Å². The molecule has 96 valence electrons. The number of carbonyl (C=O) groups excluding carboxylic acids is 1. The van der Waals surface area contributed by atoms with Crippen molar-refractivity contribution in [2.75, 3.05) is 13.2 Å². The highest BCUT2D eigenvalue weighted by Crippen LogP contribution is 2.10. The van der Waals surface area contributed by atoms with Gasteiger partial charge in [0.2, 0.25) is 0 Å². The zero-order chi connectivity index (χ0) is 13.3. The highest BCUT2D eigenvalue weighted by Gasteiger charge is 2.24. The Balaban J connectivity index is 0.000000437. The van der Waals surface area contributed by atoms with Crippen LogP contribution < -0.4 is 0 Å². The van der Waals surface area contributed by atoms with Crippen molar-refractivity contribution in [2.24, 2.45) is 0 Å². The molecule has 0 aromatic rings. The van der Waals surface area contributed by atoms with Gasteiger partial charge in [-0.15, -0.1) is 0 Å². The molecule has 0 aromatic heterocycles. The van der Waals surface area contributed by atoms with E-state index >= 15 is 0 Å². The largest absolute Gasteiger partial charge is 0.478 e. The van der Waals surface area contributed by atoms with Crippen molar-refractivity contribution in [1.29, 1.82) is 0 Å². The smallest absolute Gasteiger partial charge is 0.333 e. The predicted molar refractivity (Wildman–Crippen MR) is 62.6 cm³/mol. The van der Waals surface area contributed by atoms with E-state index in [2.05, 4.69) is 13.2 Å². The van der Waals surface area contributed by atoms with E-state index in [-0.39, 0.29) is 12.1 Å². The number of epoxide rings is 1. The van der Waals surface area contributed by atoms with E-state index in [1.54, 1.807) is 0 Å². The van der Waals surface area contributed by atoms with Crippen molar-refractivity contribution in [1.82, 2.24) is 0 Å². The minimum Gasteiger partial charge on any atom is -0.478 e. The Morgan fingerprint density at radius 2 is 2.12 bits per heavy atom. The van der Waals surface area contributed by atoms with Crippen molar-refractivity contribution in [3.05, 3.63) is 24.8 Å². The zero-order valence-electron chi connectivity index (χ0n) is 9.98. The molecule has 0 spiro atoms. The highest BCUT2D eigenvalue weighted by atomic mass is 16.6. The third-order valence-corrected chi connectivity index (χ3v) is 1.82. The second-order valence-corrected chi connectivity index (χ2v) is 3.45. The van der Waals surface area contributed by atoms with E-state index in [4.69, 9.17) is 14.6 Å². The first-order valence-corrected chi connectivity index (χ1v) is 5.33. The first-order valence-electron chi connectivity index (χ1n) is 5.33. The Bertz CT molecular complexity index is 291. The molecule has 0 aromatic carbocycles. The first-order chi connectivity index (χ1) is 8.01. The van der Waals surface area contributed by atoms with E-state index in [9.17, 15) is 9.59 Å². The van der Waals surface area contributed by atoms with Crippen LogP contribution in [0.5, 0.6) is 0 Å². The Hall–Kier alpha value is -1.62. The SMILES string of the molecule is C=C(CCC)C(=O)OCC1CO1.C=CC(=O)O. The van der Waals surface area contributed by atoms with Gasteiger partial charge < -0.3 is 14.6 Å². The van der Waals surface area contributed by atoms with Crippen molar-refractivity contribution >= 4 is 11.9 Å². The molecule has 0 amide bonds. The van der Waals surface area contributed by atoms with Crippen LogP contribution in [0.1, 0.15) is 19.8 Å². The Morgan fingerprint density at radius 1 is 1.59 bits per heavy atom. The minimum atomic E-state index is -0.981. The summed E-state index contributed by atoms with van der Waals surface area (Å²) in [4.78, 5) is 20.3. The van der Waals surface area contributed by atoms with Gasteiger partial charge in [0.15, 0.2) is 0 Å². The lowest BCUT2D eigenvalue weighted by Gasteiger charge is -2.03. The molecule has 1 unspecified atom stereocenters. The monoisotopic (exact) mass is 242 g/mol. The van der Waals surface area contributed by atoms with Crippen molar-refractivity contribution < 1.29 is 24.2 Å². The van der Waals surface area contributed by atoms with E-state index in [1.165, 1.54) is 0 Å². The third kappa shape index (κ3) is 9.32. The quantitative estimate of drug-likeness (QED) is 0.434. The van der Waals surface area contributed by atoms with Crippen molar-refractivity contribution in [3.63, 3.8) is 0 Å². The first kappa shape index (κ1) is 15.4. The lowest BCUT2D eigenvalue weighted by atomic mass is 10.2. The number of rotatable bonds is 6. The molecule has 1 heterocycles. The van der Waals surface area contributed by atoms with E-state index in [0.29, 0.717) is 25.2 Å². The lowest BCUT2D eigenvalue weighted by molar-refractivity contribution is -0.139. The molecule has 1 saturated heterocycles. The van der Waals surface area contributed by atoms with Crippen LogP contribution in [0.25, 0.3) is 0 Å². The van der Waals surface area contributed by atoms with Crippen LogP contribution in [-0.4, -0.2) is 36.4 Å². The van der Waals surface area contributed by atoms with Crippen molar-refractivity contribution in [2.45, 2.75) is 25.9 Å². The molecule has 5 heteroatoms. The number of aliphatic carboxylic acids is 1. The van der Waals surface area contributed by atoms with Gasteiger partial charge in [0.1, 0.15) is 12.7 Å². The van der Waals surface area contributed by atoms with E-state index < -0.39 is 5.97 Å². The van der Waals surface area contributed by atoms with E-state index in [0.717, 1.165) is 12.5 Å². The summed E-state index contributed by atoms with van der Waals surface area (Å²) < 4.78 is 9.81. The molecule has 1 aliphatic rings. The van der Waals surface area contributed by atoms with Crippen LogP contribution >= 0.6 is 0 Å². The zero-order valence-corrected chi connectivity index (χ0v) is 9.98. The Labute approximate surface area is 101 Å². The number of carboxylic acid groups (broad SMARTS) is 1. The average molecular weight is 242 g/mol. The molecule has 1 atom stereocenters. The molecule has 0 aliphatic carbocycles. The fourth-order valence-corrected chi connectivity index (χ4v) is 0.839.